The number of ether oxygens (including phenoxy) is 1. The molecular weight excluding hydrogens is 426 g/mol. The van der Waals surface area contributed by atoms with E-state index in [1.54, 1.807) is 11.8 Å². The van der Waals surface area contributed by atoms with Crippen molar-refractivity contribution in [3.05, 3.63) is 35.9 Å². The lowest BCUT2D eigenvalue weighted by molar-refractivity contribution is -0.144. The first kappa shape index (κ1) is 23.5. The summed E-state index contributed by atoms with van der Waals surface area (Å²) in [5.74, 6) is -0.492. The van der Waals surface area contributed by atoms with Crippen LogP contribution in [0.3, 0.4) is 0 Å². The Morgan fingerprint density at radius 1 is 1.15 bits per heavy atom. The monoisotopic (exact) mass is 459 g/mol. The fraction of sp³-hybridized carbons (Fsp3) is 0.625. The Morgan fingerprint density at radius 3 is 2.55 bits per heavy atom. The molecular formula is C24H33N3O6. The SMILES string of the molecule is CC1C(=O)N(CC(O)CC(=O)N2CCC3(CC3)C(O)C2)CCN1C(=O)OCc1ccccc1. The average molecular weight is 460 g/mol. The first-order chi connectivity index (χ1) is 15.8. The van der Waals surface area contributed by atoms with Crippen LogP contribution < -0.4 is 0 Å². The van der Waals surface area contributed by atoms with E-state index < -0.39 is 24.3 Å². The summed E-state index contributed by atoms with van der Waals surface area (Å²) in [5.41, 5.74) is 0.879. The summed E-state index contributed by atoms with van der Waals surface area (Å²) in [6.45, 7) is 3.27. The molecule has 0 bridgehead atoms. The normalized spacial score (nSPS) is 25.2. The molecule has 1 saturated carbocycles. The van der Waals surface area contributed by atoms with Crippen molar-refractivity contribution in [3.63, 3.8) is 0 Å². The molecule has 3 amide bonds. The smallest absolute Gasteiger partial charge is 0.410 e. The van der Waals surface area contributed by atoms with Crippen LogP contribution in [0.5, 0.6) is 0 Å². The number of benzene rings is 1. The standard InChI is InChI=1S/C24H33N3O6/c1-17-22(31)26(11-12-27(17)23(32)33-16-18-5-3-2-4-6-18)14-19(28)13-21(30)25-10-9-24(7-8-24)20(29)15-25/h2-6,17,19-20,28-29H,7-16H2,1H3. The van der Waals surface area contributed by atoms with Crippen molar-refractivity contribution in [1.29, 1.82) is 0 Å². The summed E-state index contributed by atoms with van der Waals surface area (Å²) in [7, 11) is 0. The van der Waals surface area contributed by atoms with Gasteiger partial charge >= 0.3 is 6.09 Å². The van der Waals surface area contributed by atoms with E-state index in [4.69, 9.17) is 4.74 Å². The molecule has 3 aliphatic rings. The number of amides is 3. The molecule has 1 aromatic rings. The number of piperazine rings is 1. The van der Waals surface area contributed by atoms with Gasteiger partial charge in [0.25, 0.3) is 0 Å². The second-order valence-electron chi connectivity index (χ2n) is 9.52. The van der Waals surface area contributed by atoms with Crippen LogP contribution in [0.15, 0.2) is 30.3 Å². The van der Waals surface area contributed by atoms with E-state index in [-0.39, 0.29) is 43.3 Å². The number of piperidine rings is 1. The number of nitrogens with zero attached hydrogens (tertiary/aromatic N) is 3. The highest BCUT2D eigenvalue weighted by molar-refractivity contribution is 5.86. The Labute approximate surface area is 193 Å². The topological polar surface area (TPSA) is 111 Å². The number of aliphatic hydroxyl groups is 2. The Kier molecular flexibility index (Phi) is 6.90. The molecule has 9 heteroatoms. The third kappa shape index (κ3) is 5.30. The quantitative estimate of drug-likeness (QED) is 0.656. The minimum absolute atomic E-state index is 0.0138. The van der Waals surface area contributed by atoms with Crippen molar-refractivity contribution >= 4 is 17.9 Å². The molecule has 33 heavy (non-hydrogen) atoms. The van der Waals surface area contributed by atoms with Gasteiger partial charge in [-0.2, -0.15) is 0 Å². The van der Waals surface area contributed by atoms with Crippen LogP contribution in [-0.2, 0) is 20.9 Å². The number of carbonyl (C=O) groups is 3. The third-order valence-electron chi connectivity index (χ3n) is 7.25. The van der Waals surface area contributed by atoms with E-state index in [1.807, 2.05) is 30.3 Å². The third-order valence-corrected chi connectivity index (χ3v) is 7.25. The summed E-state index contributed by atoms with van der Waals surface area (Å²) < 4.78 is 5.35. The highest BCUT2D eigenvalue weighted by Gasteiger charge is 2.51. The molecule has 2 heterocycles. The van der Waals surface area contributed by atoms with E-state index in [0.717, 1.165) is 24.8 Å². The molecule has 3 unspecified atom stereocenters. The molecule has 2 aliphatic heterocycles. The zero-order valence-electron chi connectivity index (χ0n) is 19.1. The maximum atomic E-state index is 12.8. The summed E-state index contributed by atoms with van der Waals surface area (Å²) in [6.07, 6.45) is 0.695. The highest BCUT2D eigenvalue weighted by atomic mass is 16.6. The van der Waals surface area contributed by atoms with Gasteiger partial charge in [-0.05, 0) is 37.2 Å². The number of aliphatic hydroxyl groups excluding tert-OH is 2. The largest absolute Gasteiger partial charge is 0.445 e. The second-order valence-corrected chi connectivity index (χ2v) is 9.52. The predicted molar refractivity (Wildman–Crippen MR) is 119 cm³/mol. The molecule has 2 saturated heterocycles. The van der Waals surface area contributed by atoms with Crippen LogP contribution in [0.2, 0.25) is 0 Å². The first-order valence-corrected chi connectivity index (χ1v) is 11.7. The molecule has 1 aliphatic carbocycles. The lowest BCUT2D eigenvalue weighted by atomic mass is 9.90. The predicted octanol–water partition coefficient (Wildman–Crippen LogP) is 0.980. The van der Waals surface area contributed by atoms with Crippen molar-refractivity contribution in [2.45, 2.75) is 57.5 Å². The van der Waals surface area contributed by atoms with Crippen molar-refractivity contribution in [3.8, 4) is 0 Å². The van der Waals surface area contributed by atoms with Crippen LogP contribution in [0, 0.1) is 5.41 Å². The van der Waals surface area contributed by atoms with Crippen LogP contribution in [-0.4, -0.2) is 93.8 Å². The van der Waals surface area contributed by atoms with Gasteiger partial charge in [0.1, 0.15) is 12.6 Å². The fourth-order valence-corrected chi connectivity index (χ4v) is 4.80. The van der Waals surface area contributed by atoms with Gasteiger partial charge in [-0.3, -0.25) is 14.5 Å². The van der Waals surface area contributed by atoms with Crippen LogP contribution in [0.25, 0.3) is 0 Å². The summed E-state index contributed by atoms with van der Waals surface area (Å²) in [6, 6.07) is 8.61. The lowest BCUT2D eigenvalue weighted by Crippen LogP contribution is -2.59. The molecule has 1 aromatic carbocycles. The molecule has 1 spiro atoms. The molecule has 0 aromatic heterocycles. The van der Waals surface area contributed by atoms with E-state index in [0.29, 0.717) is 19.6 Å². The summed E-state index contributed by atoms with van der Waals surface area (Å²) in [5, 5.41) is 20.8. The second kappa shape index (κ2) is 9.69. The average Bonchev–Trinajstić information content (AvgIpc) is 3.58. The number of β-amino-alcohol motifs (C(OH)–C–C–N with tert-alkyl or cyclic N) is 2. The molecule has 0 radical (unpaired) electrons. The Balaban J connectivity index is 1.22. The van der Waals surface area contributed by atoms with Crippen LogP contribution in [0.4, 0.5) is 4.79 Å². The van der Waals surface area contributed by atoms with Crippen molar-refractivity contribution in [2.75, 3.05) is 32.7 Å². The van der Waals surface area contributed by atoms with Gasteiger partial charge in [0.2, 0.25) is 11.8 Å². The van der Waals surface area contributed by atoms with E-state index in [9.17, 15) is 24.6 Å². The number of rotatable bonds is 6. The van der Waals surface area contributed by atoms with Gasteiger partial charge < -0.3 is 24.7 Å². The summed E-state index contributed by atoms with van der Waals surface area (Å²) >= 11 is 0. The number of likely N-dealkylation sites (tertiary alicyclic amines) is 1. The Hall–Kier alpha value is -2.65. The molecule has 3 fully saturated rings. The minimum Gasteiger partial charge on any atom is -0.445 e. The number of carbonyl (C=O) groups excluding carboxylic acids is 3. The van der Waals surface area contributed by atoms with Crippen molar-refractivity contribution in [2.24, 2.45) is 5.41 Å². The van der Waals surface area contributed by atoms with E-state index >= 15 is 0 Å². The fourth-order valence-electron chi connectivity index (χ4n) is 4.80. The van der Waals surface area contributed by atoms with Gasteiger partial charge in [0, 0.05) is 32.7 Å². The Bertz CT molecular complexity index is 874. The highest BCUT2D eigenvalue weighted by Crippen LogP contribution is 2.53. The number of hydrogen-bond acceptors (Lipinski definition) is 6. The van der Waals surface area contributed by atoms with Crippen LogP contribution >= 0.6 is 0 Å². The number of hydrogen-bond donors (Lipinski definition) is 2. The lowest BCUT2D eigenvalue weighted by Gasteiger charge is -2.39. The maximum absolute atomic E-state index is 12.8. The Morgan fingerprint density at radius 2 is 1.88 bits per heavy atom. The first-order valence-electron chi connectivity index (χ1n) is 11.7. The molecule has 3 atom stereocenters. The zero-order chi connectivity index (χ0) is 23.6. The van der Waals surface area contributed by atoms with Gasteiger partial charge in [0.05, 0.1) is 18.6 Å². The minimum atomic E-state index is -1.00. The molecule has 2 N–H and O–H groups in total. The molecule has 9 nitrogen and oxygen atoms in total. The van der Waals surface area contributed by atoms with Crippen molar-refractivity contribution < 1.29 is 29.3 Å². The van der Waals surface area contributed by atoms with Crippen molar-refractivity contribution in [1.82, 2.24) is 14.7 Å². The van der Waals surface area contributed by atoms with E-state index in [1.165, 1.54) is 9.80 Å². The molecule has 180 valence electrons. The van der Waals surface area contributed by atoms with Crippen LogP contribution in [0.1, 0.15) is 38.2 Å². The van der Waals surface area contributed by atoms with Gasteiger partial charge in [0.15, 0.2) is 0 Å². The zero-order valence-corrected chi connectivity index (χ0v) is 19.1. The summed E-state index contributed by atoms with van der Waals surface area (Å²) in [4.78, 5) is 42.3. The molecule has 4 rings (SSSR count). The van der Waals surface area contributed by atoms with Gasteiger partial charge in [-0.1, -0.05) is 30.3 Å². The van der Waals surface area contributed by atoms with E-state index in [2.05, 4.69) is 0 Å². The maximum Gasteiger partial charge on any atom is 0.410 e. The van der Waals surface area contributed by atoms with Gasteiger partial charge in [-0.25, -0.2) is 4.79 Å². The van der Waals surface area contributed by atoms with Gasteiger partial charge in [-0.15, -0.1) is 0 Å².